The van der Waals surface area contributed by atoms with E-state index in [4.69, 9.17) is 0 Å². The fourth-order valence-electron chi connectivity index (χ4n) is 3.55. The van der Waals surface area contributed by atoms with E-state index in [1.165, 1.54) is 12.8 Å². The zero-order chi connectivity index (χ0) is 9.47. The van der Waals surface area contributed by atoms with Crippen molar-refractivity contribution in [1.29, 1.82) is 0 Å². The fraction of sp³-hybridized carbons (Fsp3) is 1.00. The Morgan fingerprint density at radius 3 is 2.23 bits per heavy atom. The second kappa shape index (κ2) is 3.96. The van der Waals surface area contributed by atoms with Crippen molar-refractivity contribution < 1.29 is 0 Å². The fourth-order valence-corrected chi connectivity index (χ4v) is 11.8. The van der Waals surface area contributed by atoms with Gasteiger partial charge in [-0.3, -0.25) is 0 Å². The summed E-state index contributed by atoms with van der Waals surface area (Å²) in [4.78, 5) is 0. The maximum Gasteiger partial charge on any atom is 0.119 e. The number of halogens is 1. The molecule has 0 saturated carbocycles. The molecule has 2 fully saturated rings. The maximum absolute atomic E-state index is 2.77. The molecule has 2 rings (SSSR count). The molecule has 3 atom stereocenters. The van der Waals surface area contributed by atoms with Gasteiger partial charge in [-0.1, -0.05) is 13.8 Å². The second-order valence-electron chi connectivity index (χ2n) is 5.33. The number of rotatable bonds is 0. The molecule has 2 saturated heterocycles. The van der Waals surface area contributed by atoms with Gasteiger partial charge in [-0.15, -0.1) is 0 Å². The molecule has 0 aliphatic carbocycles. The van der Waals surface area contributed by atoms with Gasteiger partial charge in [0.2, 0.25) is 0 Å². The first-order chi connectivity index (χ1) is 6.12. The van der Waals surface area contributed by atoms with E-state index >= 15 is 0 Å². The molecule has 0 bridgehead atoms. The van der Waals surface area contributed by atoms with Crippen LogP contribution in [0, 0.1) is 11.8 Å². The molecule has 0 amide bonds. The van der Waals surface area contributed by atoms with Crippen molar-refractivity contribution in [2.45, 2.75) is 36.8 Å². The number of hydrogen-bond donors (Lipinski definition) is 0. The molecule has 13 heavy (non-hydrogen) atoms. The summed E-state index contributed by atoms with van der Waals surface area (Å²) >= 11 is 2.77. The number of alkyl halides is 1. The van der Waals surface area contributed by atoms with E-state index in [1.54, 1.807) is 24.9 Å². The molecule has 76 valence electrons. The Bertz CT molecular complexity index is 183. The van der Waals surface area contributed by atoms with Crippen molar-refractivity contribution in [3.05, 3.63) is 0 Å². The Hall–Kier alpha value is 1.16. The van der Waals surface area contributed by atoms with Crippen molar-refractivity contribution in [2.75, 3.05) is 18.5 Å². The third kappa shape index (κ3) is 2.07. The predicted octanol–water partition coefficient (Wildman–Crippen LogP) is 4.23. The van der Waals surface area contributed by atoms with Crippen LogP contribution in [0.3, 0.4) is 0 Å². The van der Waals surface area contributed by atoms with Crippen molar-refractivity contribution in [3.8, 4) is 0 Å². The van der Waals surface area contributed by atoms with Gasteiger partial charge in [0.1, 0.15) is 3.67 Å². The van der Waals surface area contributed by atoms with Crippen molar-refractivity contribution in [3.63, 3.8) is 0 Å². The van der Waals surface area contributed by atoms with Gasteiger partial charge >= 0.3 is 0 Å². The van der Waals surface area contributed by atoms with E-state index in [2.05, 4.69) is 36.4 Å². The molecule has 0 nitrogen and oxygen atoms in total. The van der Waals surface area contributed by atoms with Crippen LogP contribution in [0.25, 0.3) is 0 Å². The molecule has 0 N–H and O–H groups in total. The first-order valence-corrected chi connectivity index (χ1v) is 9.28. The monoisotopic (exact) mass is 311 g/mol. The van der Waals surface area contributed by atoms with E-state index in [9.17, 15) is 0 Å². The van der Waals surface area contributed by atoms with Gasteiger partial charge in [-0.05, 0) is 53.7 Å². The Labute approximate surface area is 96.7 Å². The lowest BCUT2D eigenvalue weighted by Gasteiger charge is -2.36. The Kier molecular flexibility index (Phi) is 3.25. The summed E-state index contributed by atoms with van der Waals surface area (Å²) in [5, 5.41) is 0. The molecule has 0 aromatic rings. The lowest BCUT2D eigenvalue weighted by molar-refractivity contribution is 0.454. The van der Waals surface area contributed by atoms with Crippen LogP contribution in [0.15, 0.2) is 0 Å². The van der Waals surface area contributed by atoms with Crippen LogP contribution in [0.1, 0.15) is 33.1 Å². The first kappa shape index (κ1) is 10.7. The highest BCUT2D eigenvalue weighted by molar-refractivity contribution is 14.1. The second-order valence-corrected chi connectivity index (χ2v) is 12.1. The average Bonchev–Trinajstić information content (AvgIpc) is 2.30. The third-order valence-electron chi connectivity index (χ3n) is 3.80. The summed E-state index contributed by atoms with van der Waals surface area (Å²) in [7, 11) is -0.458. The van der Waals surface area contributed by atoms with Gasteiger partial charge in [0.25, 0.3) is 0 Å². The van der Waals surface area contributed by atoms with Gasteiger partial charge in [0.15, 0.2) is 0 Å². The zero-order valence-electron chi connectivity index (χ0n) is 8.80. The normalized spacial score (nSPS) is 51.5. The minimum atomic E-state index is -0.458. The maximum atomic E-state index is 2.77. The van der Waals surface area contributed by atoms with Crippen LogP contribution >= 0.6 is 29.9 Å². The summed E-state index contributed by atoms with van der Waals surface area (Å²) in [6.45, 7) is 4.97. The summed E-state index contributed by atoms with van der Waals surface area (Å²) in [5.74, 6) is 2.07. The Morgan fingerprint density at radius 1 is 1.15 bits per heavy atom. The lowest BCUT2D eigenvalue weighted by Crippen LogP contribution is -2.26. The molecule has 2 aliphatic rings. The molecule has 2 heterocycles. The molecule has 1 spiro atoms. The van der Waals surface area contributed by atoms with Crippen LogP contribution in [0.2, 0.25) is 0 Å². The standard InChI is InChI=1S/C11H21IP/c1-9-6-10(2)8-13(7-9)5-3-4-11(13)12/h9-11H,3-8H2,1-2H3/q+1. The minimum absolute atomic E-state index is 0.458. The van der Waals surface area contributed by atoms with E-state index in [0.717, 1.165) is 15.5 Å². The summed E-state index contributed by atoms with van der Waals surface area (Å²) < 4.78 is 1.09. The highest BCUT2D eigenvalue weighted by Gasteiger charge is 2.51. The molecule has 2 aliphatic heterocycles. The van der Waals surface area contributed by atoms with Gasteiger partial charge in [0, 0.05) is 7.26 Å². The molecular weight excluding hydrogens is 290 g/mol. The van der Waals surface area contributed by atoms with Crippen LogP contribution in [0.5, 0.6) is 0 Å². The average molecular weight is 311 g/mol. The van der Waals surface area contributed by atoms with E-state index in [0.29, 0.717) is 0 Å². The van der Waals surface area contributed by atoms with Crippen molar-refractivity contribution in [1.82, 2.24) is 0 Å². The van der Waals surface area contributed by atoms with Gasteiger partial charge in [-0.2, -0.15) is 0 Å². The molecule has 3 unspecified atom stereocenters. The van der Waals surface area contributed by atoms with Gasteiger partial charge < -0.3 is 0 Å². The summed E-state index contributed by atoms with van der Waals surface area (Å²) in [6, 6.07) is 0. The van der Waals surface area contributed by atoms with Gasteiger partial charge in [0.05, 0.1) is 18.5 Å². The molecular formula is C11H21IP+. The summed E-state index contributed by atoms with van der Waals surface area (Å²) in [6.07, 6.45) is 9.48. The van der Waals surface area contributed by atoms with Crippen molar-refractivity contribution in [2.24, 2.45) is 11.8 Å². The molecule has 2 heteroatoms. The quantitative estimate of drug-likeness (QED) is 0.357. The summed E-state index contributed by atoms with van der Waals surface area (Å²) in [5.41, 5.74) is 0. The third-order valence-corrected chi connectivity index (χ3v) is 13.3. The zero-order valence-corrected chi connectivity index (χ0v) is 11.9. The molecule has 0 aromatic carbocycles. The van der Waals surface area contributed by atoms with Gasteiger partial charge in [-0.25, -0.2) is 0 Å². The lowest BCUT2D eigenvalue weighted by atomic mass is 10.00. The largest absolute Gasteiger partial charge is 0.119 e. The SMILES string of the molecule is CC1CC(C)C[P+]2(CCCC2I)C1. The highest BCUT2D eigenvalue weighted by atomic mass is 127. The Balaban J connectivity index is 2.12. The van der Waals surface area contributed by atoms with Crippen LogP contribution < -0.4 is 0 Å². The highest BCUT2D eigenvalue weighted by Crippen LogP contribution is 2.74. The minimum Gasteiger partial charge on any atom is -0.0590 e. The predicted molar refractivity (Wildman–Crippen MR) is 71.5 cm³/mol. The smallest absolute Gasteiger partial charge is 0.0590 e. The molecule has 0 radical (unpaired) electrons. The number of hydrogen-bond acceptors (Lipinski definition) is 0. The molecule has 0 aromatic heterocycles. The van der Waals surface area contributed by atoms with Crippen LogP contribution in [0.4, 0.5) is 0 Å². The first-order valence-electron chi connectivity index (χ1n) is 5.62. The topological polar surface area (TPSA) is 0 Å². The Morgan fingerprint density at radius 2 is 1.77 bits per heavy atom. The van der Waals surface area contributed by atoms with E-state index < -0.39 is 7.26 Å². The van der Waals surface area contributed by atoms with E-state index in [1.807, 2.05) is 0 Å². The van der Waals surface area contributed by atoms with Crippen LogP contribution in [-0.4, -0.2) is 22.2 Å². The van der Waals surface area contributed by atoms with Crippen LogP contribution in [-0.2, 0) is 0 Å². The van der Waals surface area contributed by atoms with E-state index in [-0.39, 0.29) is 0 Å². The van der Waals surface area contributed by atoms with Crippen molar-refractivity contribution >= 4 is 29.9 Å².